The van der Waals surface area contributed by atoms with Gasteiger partial charge in [0.1, 0.15) is 0 Å². The fourth-order valence-electron chi connectivity index (χ4n) is 2.86. The predicted molar refractivity (Wildman–Crippen MR) is 97.7 cm³/mol. The molecule has 1 fully saturated rings. The third kappa shape index (κ3) is 5.54. The fourth-order valence-corrected chi connectivity index (χ4v) is 3.99. The summed E-state index contributed by atoms with van der Waals surface area (Å²) >= 11 is 0. The summed E-state index contributed by atoms with van der Waals surface area (Å²) in [4.78, 5) is 23.9. The number of carbonyl (C=O) groups excluding carboxylic acids is 2. The third-order valence-corrected chi connectivity index (χ3v) is 6.51. The molecule has 0 atom stereocenters. The lowest BCUT2D eigenvalue weighted by Crippen LogP contribution is -2.41. The van der Waals surface area contributed by atoms with E-state index < -0.39 is 16.0 Å². The normalized spacial score (nSPS) is 16.2. The van der Waals surface area contributed by atoms with Crippen LogP contribution in [0.1, 0.15) is 30.9 Å². The molecule has 0 unspecified atom stereocenters. The zero-order valence-electron chi connectivity index (χ0n) is 15.2. The van der Waals surface area contributed by atoms with E-state index in [-0.39, 0.29) is 24.2 Å². The number of esters is 1. The molecule has 0 aromatic heterocycles. The van der Waals surface area contributed by atoms with Crippen LogP contribution in [0.4, 0.5) is 0 Å². The van der Waals surface area contributed by atoms with Crippen LogP contribution in [0.25, 0.3) is 0 Å². The summed E-state index contributed by atoms with van der Waals surface area (Å²) in [6.45, 7) is 4.26. The van der Waals surface area contributed by atoms with Crippen LogP contribution in [0.2, 0.25) is 0 Å². The zero-order valence-corrected chi connectivity index (χ0v) is 16.0. The Morgan fingerprint density at radius 3 is 2.50 bits per heavy atom. The Hall–Kier alpha value is -1.93. The van der Waals surface area contributed by atoms with Crippen molar-refractivity contribution >= 4 is 21.9 Å². The number of piperidine rings is 1. The number of hydrogen-bond acceptors (Lipinski definition) is 5. The van der Waals surface area contributed by atoms with Crippen molar-refractivity contribution in [2.75, 3.05) is 25.4 Å². The molecule has 1 aromatic rings. The number of hydrogen-bond donors (Lipinski definition) is 1. The Morgan fingerprint density at radius 2 is 1.88 bits per heavy atom. The summed E-state index contributed by atoms with van der Waals surface area (Å²) in [6.07, 6.45) is 0.839. The second kappa shape index (κ2) is 9.14. The number of ether oxygens (including phenoxy) is 1. The summed E-state index contributed by atoms with van der Waals surface area (Å²) in [5.41, 5.74) is 2.09. The van der Waals surface area contributed by atoms with Gasteiger partial charge in [0.2, 0.25) is 10.0 Å². The molecule has 1 aromatic carbocycles. The Labute approximate surface area is 154 Å². The van der Waals surface area contributed by atoms with Crippen molar-refractivity contribution in [3.05, 3.63) is 35.4 Å². The smallest absolute Gasteiger partial charge is 0.309 e. The average molecular weight is 382 g/mol. The van der Waals surface area contributed by atoms with Crippen molar-refractivity contribution in [1.29, 1.82) is 0 Å². The number of carbonyl (C=O) groups is 2. The quantitative estimate of drug-likeness (QED) is 0.716. The molecule has 1 N–H and O–H groups in total. The van der Waals surface area contributed by atoms with Crippen LogP contribution in [-0.4, -0.2) is 50.0 Å². The summed E-state index contributed by atoms with van der Waals surface area (Å²) < 4.78 is 30.1. The van der Waals surface area contributed by atoms with E-state index in [1.807, 2.05) is 31.2 Å². The van der Waals surface area contributed by atoms with E-state index in [0.717, 1.165) is 11.1 Å². The standard InChI is InChI=1S/C18H26N2O5S/c1-3-26(23,24)20-10-8-15(9-11-20)18(22)25-13-17(21)19-12-16-7-5-4-6-14(16)2/h4-7,15H,3,8-13H2,1-2H3,(H,19,21). The van der Waals surface area contributed by atoms with E-state index in [1.54, 1.807) is 6.92 Å². The number of amides is 1. The first-order valence-corrected chi connectivity index (χ1v) is 10.4. The van der Waals surface area contributed by atoms with Crippen LogP contribution in [0, 0.1) is 12.8 Å². The first-order valence-electron chi connectivity index (χ1n) is 8.79. The van der Waals surface area contributed by atoms with Crippen LogP contribution in [-0.2, 0) is 30.9 Å². The third-order valence-electron chi connectivity index (χ3n) is 4.63. The second-order valence-electron chi connectivity index (χ2n) is 6.38. The van der Waals surface area contributed by atoms with Gasteiger partial charge in [-0.2, -0.15) is 0 Å². The van der Waals surface area contributed by atoms with Gasteiger partial charge in [-0.1, -0.05) is 24.3 Å². The maximum Gasteiger partial charge on any atom is 0.309 e. The van der Waals surface area contributed by atoms with Gasteiger partial charge in [-0.25, -0.2) is 12.7 Å². The molecule has 1 saturated heterocycles. The molecular weight excluding hydrogens is 356 g/mol. The van der Waals surface area contributed by atoms with Crippen LogP contribution < -0.4 is 5.32 Å². The van der Waals surface area contributed by atoms with Crippen molar-refractivity contribution in [2.45, 2.75) is 33.2 Å². The molecule has 0 aliphatic carbocycles. The summed E-state index contributed by atoms with van der Waals surface area (Å²) in [6, 6.07) is 7.73. The van der Waals surface area contributed by atoms with Crippen molar-refractivity contribution in [3.63, 3.8) is 0 Å². The number of nitrogens with one attached hydrogen (secondary N) is 1. The van der Waals surface area contributed by atoms with E-state index in [9.17, 15) is 18.0 Å². The van der Waals surface area contributed by atoms with Gasteiger partial charge < -0.3 is 10.1 Å². The Bertz CT molecular complexity index is 740. The number of nitrogens with zero attached hydrogens (tertiary/aromatic N) is 1. The molecule has 0 saturated carbocycles. The number of benzene rings is 1. The van der Waals surface area contributed by atoms with Gasteiger partial charge in [-0.3, -0.25) is 9.59 Å². The van der Waals surface area contributed by atoms with E-state index in [0.29, 0.717) is 32.5 Å². The minimum absolute atomic E-state index is 0.0587. The molecule has 7 nitrogen and oxygen atoms in total. The Morgan fingerprint density at radius 1 is 1.23 bits per heavy atom. The highest BCUT2D eigenvalue weighted by atomic mass is 32.2. The highest BCUT2D eigenvalue weighted by Crippen LogP contribution is 2.21. The number of sulfonamides is 1. The van der Waals surface area contributed by atoms with Crippen LogP contribution in [0.5, 0.6) is 0 Å². The lowest BCUT2D eigenvalue weighted by molar-refractivity contribution is -0.153. The van der Waals surface area contributed by atoms with Crippen molar-refractivity contribution < 1.29 is 22.7 Å². The van der Waals surface area contributed by atoms with Gasteiger partial charge in [0.05, 0.1) is 11.7 Å². The molecule has 144 valence electrons. The molecular formula is C18H26N2O5S. The van der Waals surface area contributed by atoms with Gasteiger partial charge in [-0.15, -0.1) is 0 Å². The summed E-state index contributed by atoms with van der Waals surface area (Å²) in [5.74, 6) is -1.09. The number of aryl methyl sites for hydroxylation is 1. The molecule has 0 spiro atoms. The molecule has 26 heavy (non-hydrogen) atoms. The topological polar surface area (TPSA) is 92.8 Å². The fraction of sp³-hybridized carbons (Fsp3) is 0.556. The zero-order chi connectivity index (χ0) is 19.2. The molecule has 8 heteroatoms. The maximum absolute atomic E-state index is 12.1. The van der Waals surface area contributed by atoms with Gasteiger partial charge >= 0.3 is 5.97 Å². The molecule has 1 amide bonds. The lowest BCUT2D eigenvalue weighted by Gasteiger charge is -2.29. The predicted octanol–water partition coefficient (Wildman–Crippen LogP) is 1.22. The maximum atomic E-state index is 12.1. The van der Waals surface area contributed by atoms with E-state index in [2.05, 4.69) is 5.32 Å². The van der Waals surface area contributed by atoms with Gasteiger partial charge in [0.15, 0.2) is 6.61 Å². The SMILES string of the molecule is CCS(=O)(=O)N1CCC(C(=O)OCC(=O)NCc2ccccc2C)CC1. The van der Waals surface area contributed by atoms with Crippen LogP contribution in [0.15, 0.2) is 24.3 Å². The molecule has 0 radical (unpaired) electrons. The van der Waals surface area contributed by atoms with Crippen molar-refractivity contribution in [1.82, 2.24) is 9.62 Å². The Balaban J connectivity index is 1.72. The average Bonchev–Trinajstić information content (AvgIpc) is 2.65. The van der Waals surface area contributed by atoms with Crippen LogP contribution in [0.3, 0.4) is 0 Å². The van der Waals surface area contributed by atoms with Gasteiger partial charge in [-0.05, 0) is 37.8 Å². The van der Waals surface area contributed by atoms with E-state index >= 15 is 0 Å². The summed E-state index contributed by atoms with van der Waals surface area (Å²) in [7, 11) is -3.22. The minimum Gasteiger partial charge on any atom is -0.455 e. The molecule has 1 heterocycles. The Kier molecular flexibility index (Phi) is 7.16. The molecule has 1 aliphatic rings. The highest BCUT2D eigenvalue weighted by Gasteiger charge is 2.31. The van der Waals surface area contributed by atoms with Crippen molar-refractivity contribution in [2.24, 2.45) is 5.92 Å². The van der Waals surface area contributed by atoms with E-state index in [4.69, 9.17) is 4.74 Å². The lowest BCUT2D eigenvalue weighted by atomic mass is 9.98. The molecule has 0 bridgehead atoms. The second-order valence-corrected chi connectivity index (χ2v) is 8.64. The monoisotopic (exact) mass is 382 g/mol. The van der Waals surface area contributed by atoms with Crippen LogP contribution >= 0.6 is 0 Å². The van der Waals surface area contributed by atoms with E-state index in [1.165, 1.54) is 4.31 Å². The molecule has 2 rings (SSSR count). The molecule has 1 aliphatic heterocycles. The first kappa shape index (κ1) is 20.4. The summed E-state index contributed by atoms with van der Waals surface area (Å²) in [5, 5.41) is 2.73. The first-order chi connectivity index (χ1) is 12.3. The van der Waals surface area contributed by atoms with Gasteiger partial charge in [0, 0.05) is 19.6 Å². The highest BCUT2D eigenvalue weighted by molar-refractivity contribution is 7.89. The number of rotatable bonds is 7. The largest absolute Gasteiger partial charge is 0.455 e. The van der Waals surface area contributed by atoms with Crippen molar-refractivity contribution in [3.8, 4) is 0 Å². The van der Waals surface area contributed by atoms with Gasteiger partial charge in [0.25, 0.3) is 5.91 Å². The minimum atomic E-state index is -3.22.